The summed E-state index contributed by atoms with van der Waals surface area (Å²) in [5.74, 6) is 0.734. The van der Waals surface area contributed by atoms with Crippen molar-refractivity contribution < 1.29 is 24.8 Å². The van der Waals surface area contributed by atoms with Crippen LogP contribution in [0.3, 0.4) is 0 Å². The van der Waals surface area contributed by atoms with Crippen molar-refractivity contribution in [3.05, 3.63) is 5.82 Å². The number of aryl methyl sites for hydroxylation is 1. The number of hydrogen-bond acceptors (Lipinski definition) is 4. The SMILES string of the molecule is COCc1nnnn1C.[F][Cu]. The Labute approximate surface area is 72.2 Å². The first-order valence-electron chi connectivity index (χ1n) is 2.66. The number of methoxy groups -OCH3 is 1. The van der Waals surface area contributed by atoms with Gasteiger partial charge < -0.3 is 4.74 Å². The van der Waals surface area contributed by atoms with Crippen LogP contribution in [0.15, 0.2) is 0 Å². The standard InChI is InChI=1S/C4H8N4O.Cu.FH/c1-8-4(3-9-2)5-6-7-8;;/h3H2,1-2H3;;1H/q;+1;/p-1. The summed E-state index contributed by atoms with van der Waals surface area (Å²) in [6, 6.07) is 0. The van der Waals surface area contributed by atoms with Crippen molar-refractivity contribution in [1.29, 1.82) is 0 Å². The Morgan fingerprint density at radius 1 is 1.64 bits per heavy atom. The average molecular weight is 211 g/mol. The van der Waals surface area contributed by atoms with E-state index in [-0.39, 0.29) is 0 Å². The molecule has 68 valence electrons. The van der Waals surface area contributed by atoms with Gasteiger partial charge in [-0.3, -0.25) is 0 Å². The molecular formula is C4H8CuFN4O. The normalized spacial score (nSPS) is 8.82. The van der Waals surface area contributed by atoms with E-state index in [4.69, 9.17) is 8.29 Å². The average Bonchev–Trinajstić information content (AvgIpc) is 2.42. The minimum atomic E-state index is 0.462. The summed E-state index contributed by atoms with van der Waals surface area (Å²) < 4.78 is 15.4. The van der Waals surface area contributed by atoms with Crippen molar-refractivity contribution in [2.45, 2.75) is 6.61 Å². The van der Waals surface area contributed by atoms with Crippen molar-refractivity contribution in [2.24, 2.45) is 7.05 Å². The monoisotopic (exact) mass is 210 g/mol. The summed E-state index contributed by atoms with van der Waals surface area (Å²) in [5, 5.41) is 10.7. The molecule has 7 heteroatoms. The van der Waals surface area contributed by atoms with Crippen LogP contribution in [0.2, 0.25) is 0 Å². The fourth-order valence-corrected chi connectivity index (χ4v) is 0.499. The number of nitrogens with zero attached hydrogens (tertiary/aromatic N) is 4. The number of halogens is 1. The van der Waals surface area contributed by atoms with Crippen molar-refractivity contribution >= 4 is 0 Å². The van der Waals surface area contributed by atoms with E-state index in [1.54, 1.807) is 18.8 Å². The molecule has 0 atom stereocenters. The minimum absolute atomic E-state index is 0.462. The molecule has 1 rings (SSSR count). The van der Waals surface area contributed by atoms with Crippen LogP contribution in [-0.4, -0.2) is 27.3 Å². The second-order valence-corrected chi connectivity index (χ2v) is 1.65. The third-order valence-corrected chi connectivity index (χ3v) is 0.981. The van der Waals surface area contributed by atoms with Crippen molar-refractivity contribution in [2.75, 3.05) is 7.11 Å². The summed E-state index contributed by atoms with van der Waals surface area (Å²) in [4.78, 5) is 0. The second-order valence-electron chi connectivity index (χ2n) is 1.65. The molecule has 1 aromatic rings. The van der Waals surface area contributed by atoms with Gasteiger partial charge in [0.05, 0.1) is 0 Å². The Balaban J connectivity index is 0.000000461. The van der Waals surface area contributed by atoms with Crippen LogP contribution >= 0.6 is 0 Å². The Bertz CT molecular complexity index is 194. The number of tetrazole rings is 1. The van der Waals surface area contributed by atoms with Crippen LogP contribution in [-0.2, 0) is 34.9 Å². The molecule has 0 amide bonds. The molecule has 0 unspecified atom stereocenters. The maximum atomic E-state index is 9.06. The maximum absolute atomic E-state index is 9.06. The van der Waals surface area contributed by atoms with Crippen molar-refractivity contribution in [3.63, 3.8) is 0 Å². The molecule has 0 radical (unpaired) electrons. The van der Waals surface area contributed by atoms with Crippen molar-refractivity contribution in [1.82, 2.24) is 20.2 Å². The molecule has 0 bridgehead atoms. The molecule has 0 spiro atoms. The number of ether oxygens (including phenoxy) is 1. The first-order valence-corrected chi connectivity index (χ1v) is 3.01. The predicted molar refractivity (Wildman–Crippen MR) is 30.6 cm³/mol. The van der Waals surface area contributed by atoms with Gasteiger partial charge in [0.15, 0.2) is 5.82 Å². The fraction of sp³-hybridized carbons (Fsp3) is 0.750. The molecule has 0 aromatic carbocycles. The number of rotatable bonds is 2. The Morgan fingerprint density at radius 3 is 2.64 bits per heavy atom. The summed E-state index contributed by atoms with van der Waals surface area (Å²) in [7, 11) is 3.38. The van der Waals surface area contributed by atoms with E-state index in [9.17, 15) is 0 Å². The molecule has 0 aliphatic carbocycles. The van der Waals surface area contributed by atoms with E-state index >= 15 is 0 Å². The van der Waals surface area contributed by atoms with Crippen LogP contribution in [0.5, 0.6) is 0 Å². The second kappa shape index (κ2) is 6.21. The molecule has 0 saturated carbocycles. The van der Waals surface area contributed by atoms with E-state index in [1.807, 2.05) is 0 Å². The van der Waals surface area contributed by atoms with Gasteiger partial charge in [-0.15, -0.1) is 5.10 Å². The molecule has 0 saturated heterocycles. The molecule has 0 N–H and O–H groups in total. The topological polar surface area (TPSA) is 52.8 Å². The van der Waals surface area contributed by atoms with Crippen LogP contribution in [0.4, 0.5) is 3.55 Å². The fourth-order valence-electron chi connectivity index (χ4n) is 0.499. The summed E-state index contributed by atoms with van der Waals surface area (Å²) >= 11 is 2.69. The molecule has 11 heavy (non-hydrogen) atoms. The number of hydrogen-bond donors (Lipinski definition) is 0. The van der Waals surface area contributed by atoms with E-state index in [0.717, 1.165) is 5.82 Å². The first-order chi connectivity index (χ1) is 5.34. The van der Waals surface area contributed by atoms with Crippen LogP contribution in [0, 0.1) is 0 Å². The van der Waals surface area contributed by atoms with Crippen molar-refractivity contribution in [3.8, 4) is 0 Å². The molecule has 0 aliphatic heterocycles. The summed E-state index contributed by atoms with van der Waals surface area (Å²) in [6.07, 6.45) is 0. The van der Waals surface area contributed by atoms with Gasteiger partial charge in [-0.25, -0.2) is 4.68 Å². The first kappa shape index (κ1) is 10.5. The quantitative estimate of drug-likeness (QED) is 0.633. The molecule has 5 nitrogen and oxygen atoms in total. The van der Waals surface area contributed by atoms with E-state index in [0.29, 0.717) is 6.61 Å². The molecule has 1 aromatic heterocycles. The van der Waals surface area contributed by atoms with Gasteiger partial charge in [0.25, 0.3) is 0 Å². The zero-order chi connectivity index (χ0) is 8.69. The van der Waals surface area contributed by atoms with Crippen LogP contribution < -0.4 is 0 Å². The summed E-state index contributed by atoms with van der Waals surface area (Å²) in [5.41, 5.74) is 0. The van der Waals surface area contributed by atoms with Gasteiger partial charge in [0, 0.05) is 14.2 Å². The summed E-state index contributed by atoms with van der Waals surface area (Å²) in [6.45, 7) is 0.462. The van der Waals surface area contributed by atoms with Gasteiger partial charge in [0.2, 0.25) is 0 Å². The third kappa shape index (κ3) is 3.41. The van der Waals surface area contributed by atoms with E-state index < -0.39 is 0 Å². The zero-order valence-electron chi connectivity index (χ0n) is 6.08. The van der Waals surface area contributed by atoms with Gasteiger partial charge in [-0.05, 0) is 10.4 Å². The number of aromatic nitrogens is 4. The molecule has 1 heterocycles. The molecular weight excluding hydrogens is 203 g/mol. The predicted octanol–water partition coefficient (Wildman–Crippen LogP) is -0.226. The van der Waals surface area contributed by atoms with E-state index in [1.165, 1.54) is 0 Å². The third-order valence-electron chi connectivity index (χ3n) is 0.981. The van der Waals surface area contributed by atoms with Crippen LogP contribution in [0.25, 0.3) is 0 Å². The van der Waals surface area contributed by atoms with Gasteiger partial charge in [-0.2, -0.15) is 0 Å². The Kier molecular flexibility index (Phi) is 5.91. The van der Waals surface area contributed by atoms with Gasteiger partial charge in [0.1, 0.15) is 6.61 Å². The Hall–Kier alpha value is -0.521. The van der Waals surface area contributed by atoms with Gasteiger partial charge in [-0.1, -0.05) is 0 Å². The Morgan fingerprint density at radius 2 is 2.27 bits per heavy atom. The molecule has 0 aliphatic rings. The zero-order valence-corrected chi connectivity index (χ0v) is 7.03. The van der Waals surface area contributed by atoms with E-state index in [2.05, 4.69) is 32.0 Å². The van der Waals surface area contributed by atoms with Crippen LogP contribution in [0.1, 0.15) is 5.82 Å². The molecule has 0 fully saturated rings. The van der Waals surface area contributed by atoms with Gasteiger partial charge >= 0.3 is 20.0 Å².